The van der Waals surface area contributed by atoms with Gasteiger partial charge in [0.1, 0.15) is 11.9 Å². The average molecular weight is 307 g/mol. The fourth-order valence-electron chi connectivity index (χ4n) is 2.22. The van der Waals surface area contributed by atoms with Crippen molar-refractivity contribution in [1.82, 2.24) is 5.32 Å². The molecule has 0 aliphatic carbocycles. The van der Waals surface area contributed by atoms with Crippen molar-refractivity contribution in [3.63, 3.8) is 0 Å². The number of anilines is 2. The zero-order valence-electron chi connectivity index (χ0n) is 12.9. The summed E-state index contributed by atoms with van der Waals surface area (Å²) in [6, 6.07) is 5.17. The standard InChI is InChI=1S/C15H21N3O4/c1-9(2)17-13-5-4-11(6-14(13)20)18-8-12(22-15(18)21)7-16-10(3)19/h4-6,9,12,17,20H,7-8H2,1-3H3,(H,16,19)/t12-/m0/s1. The van der Waals surface area contributed by atoms with Crippen molar-refractivity contribution < 1.29 is 19.4 Å². The van der Waals surface area contributed by atoms with E-state index in [1.54, 1.807) is 12.1 Å². The highest BCUT2D eigenvalue weighted by molar-refractivity contribution is 5.90. The molecule has 120 valence electrons. The predicted octanol–water partition coefficient (Wildman–Crippen LogP) is 1.67. The van der Waals surface area contributed by atoms with Crippen LogP contribution in [0.15, 0.2) is 18.2 Å². The summed E-state index contributed by atoms with van der Waals surface area (Å²) in [5.41, 5.74) is 1.17. The van der Waals surface area contributed by atoms with Crippen LogP contribution in [0.1, 0.15) is 20.8 Å². The SMILES string of the molecule is CC(=O)NC[C@H]1CN(c2ccc(NC(C)C)c(O)c2)C(=O)O1. The second kappa shape index (κ2) is 6.55. The molecule has 7 nitrogen and oxygen atoms in total. The maximum absolute atomic E-state index is 11.9. The molecule has 0 unspecified atom stereocenters. The van der Waals surface area contributed by atoms with Gasteiger partial charge in [0.15, 0.2) is 0 Å². The first-order valence-electron chi connectivity index (χ1n) is 7.19. The number of nitrogens with zero attached hydrogens (tertiary/aromatic N) is 1. The van der Waals surface area contributed by atoms with Crippen molar-refractivity contribution in [3.8, 4) is 5.75 Å². The number of hydrogen-bond donors (Lipinski definition) is 3. The van der Waals surface area contributed by atoms with E-state index in [2.05, 4.69) is 10.6 Å². The summed E-state index contributed by atoms with van der Waals surface area (Å²) in [4.78, 5) is 24.2. The van der Waals surface area contributed by atoms with Gasteiger partial charge in [0, 0.05) is 19.0 Å². The molecule has 0 aromatic heterocycles. The van der Waals surface area contributed by atoms with Crippen LogP contribution in [-0.4, -0.2) is 42.3 Å². The normalized spacial score (nSPS) is 17.5. The summed E-state index contributed by atoms with van der Waals surface area (Å²) in [6.45, 7) is 5.95. The molecule has 1 fully saturated rings. The molecule has 22 heavy (non-hydrogen) atoms. The quantitative estimate of drug-likeness (QED) is 0.720. The van der Waals surface area contributed by atoms with Gasteiger partial charge in [-0.3, -0.25) is 9.69 Å². The number of ether oxygens (including phenoxy) is 1. The number of rotatable bonds is 5. The first-order valence-corrected chi connectivity index (χ1v) is 7.19. The van der Waals surface area contributed by atoms with Gasteiger partial charge in [-0.2, -0.15) is 0 Å². The van der Waals surface area contributed by atoms with E-state index in [9.17, 15) is 14.7 Å². The average Bonchev–Trinajstić information content (AvgIpc) is 2.79. The molecule has 0 spiro atoms. The van der Waals surface area contributed by atoms with Gasteiger partial charge in [0.25, 0.3) is 0 Å². The second-order valence-electron chi connectivity index (χ2n) is 5.55. The van der Waals surface area contributed by atoms with Crippen LogP contribution in [0.25, 0.3) is 0 Å². The number of nitrogens with one attached hydrogen (secondary N) is 2. The Bertz CT molecular complexity index is 574. The van der Waals surface area contributed by atoms with Gasteiger partial charge in [-0.15, -0.1) is 0 Å². The molecule has 1 aliphatic rings. The van der Waals surface area contributed by atoms with Gasteiger partial charge >= 0.3 is 6.09 Å². The van der Waals surface area contributed by atoms with Crippen molar-refractivity contribution in [2.24, 2.45) is 0 Å². The summed E-state index contributed by atoms with van der Waals surface area (Å²) in [7, 11) is 0. The van der Waals surface area contributed by atoms with Crippen molar-refractivity contribution in [2.45, 2.75) is 32.9 Å². The van der Waals surface area contributed by atoms with Crippen LogP contribution in [0, 0.1) is 0 Å². The Balaban J connectivity index is 2.07. The summed E-state index contributed by atoms with van der Waals surface area (Å²) >= 11 is 0. The Morgan fingerprint density at radius 1 is 1.50 bits per heavy atom. The fourth-order valence-corrected chi connectivity index (χ4v) is 2.22. The van der Waals surface area contributed by atoms with Crippen LogP contribution in [0.3, 0.4) is 0 Å². The number of benzene rings is 1. The van der Waals surface area contributed by atoms with E-state index >= 15 is 0 Å². The third-order valence-corrected chi connectivity index (χ3v) is 3.19. The van der Waals surface area contributed by atoms with Gasteiger partial charge in [0.05, 0.1) is 24.5 Å². The molecule has 1 saturated heterocycles. The molecule has 1 heterocycles. The third-order valence-electron chi connectivity index (χ3n) is 3.19. The number of phenolic OH excluding ortho intramolecular Hbond substituents is 1. The van der Waals surface area contributed by atoms with Crippen LogP contribution in [-0.2, 0) is 9.53 Å². The Morgan fingerprint density at radius 3 is 2.82 bits per heavy atom. The monoisotopic (exact) mass is 307 g/mol. The van der Waals surface area contributed by atoms with Crippen LogP contribution in [0.2, 0.25) is 0 Å². The molecule has 1 atom stereocenters. The van der Waals surface area contributed by atoms with E-state index in [1.807, 2.05) is 13.8 Å². The van der Waals surface area contributed by atoms with E-state index in [4.69, 9.17) is 4.74 Å². The Morgan fingerprint density at radius 2 is 2.23 bits per heavy atom. The molecular formula is C15H21N3O4. The maximum Gasteiger partial charge on any atom is 0.414 e. The van der Waals surface area contributed by atoms with Gasteiger partial charge < -0.3 is 20.5 Å². The van der Waals surface area contributed by atoms with Crippen LogP contribution >= 0.6 is 0 Å². The van der Waals surface area contributed by atoms with E-state index in [1.165, 1.54) is 17.9 Å². The van der Waals surface area contributed by atoms with E-state index in [0.717, 1.165) is 0 Å². The molecule has 0 saturated carbocycles. The van der Waals surface area contributed by atoms with E-state index < -0.39 is 12.2 Å². The predicted molar refractivity (Wildman–Crippen MR) is 83.2 cm³/mol. The lowest BCUT2D eigenvalue weighted by atomic mass is 10.2. The minimum atomic E-state index is -0.487. The lowest BCUT2D eigenvalue weighted by Gasteiger charge is -2.16. The molecule has 2 rings (SSSR count). The molecule has 2 amide bonds. The summed E-state index contributed by atoms with van der Waals surface area (Å²) < 4.78 is 5.19. The lowest BCUT2D eigenvalue weighted by molar-refractivity contribution is -0.119. The summed E-state index contributed by atoms with van der Waals surface area (Å²) in [5, 5.41) is 15.8. The number of carbonyl (C=O) groups is 2. The number of aromatic hydroxyl groups is 1. The maximum atomic E-state index is 11.9. The number of amides is 2. The molecule has 7 heteroatoms. The van der Waals surface area contributed by atoms with Crippen molar-refractivity contribution >= 4 is 23.4 Å². The molecule has 3 N–H and O–H groups in total. The summed E-state index contributed by atoms with van der Waals surface area (Å²) in [6.07, 6.45) is -0.883. The van der Waals surface area contributed by atoms with Gasteiger partial charge in [-0.05, 0) is 26.0 Å². The lowest BCUT2D eigenvalue weighted by Crippen LogP contribution is -2.33. The molecule has 1 aliphatic heterocycles. The fraction of sp³-hybridized carbons (Fsp3) is 0.467. The van der Waals surface area contributed by atoms with Gasteiger partial charge in [0.2, 0.25) is 5.91 Å². The first-order chi connectivity index (χ1) is 10.4. The van der Waals surface area contributed by atoms with Gasteiger partial charge in [-0.25, -0.2) is 4.79 Å². The topological polar surface area (TPSA) is 90.9 Å². The number of cyclic esters (lactones) is 1. The number of carbonyl (C=O) groups excluding carboxylic acids is 2. The highest BCUT2D eigenvalue weighted by atomic mass is 16.6. The van der Waals surface area contributed by atoms with Crippen LogP contribution in [0.4, 0.5) is 16.2 Å². The van der Waals surface area contributed by atoms with E-state index in [0.29, 0.717) is 17.9 Å². The van der Waals surface area contributed by atoms with Crippen molar-refractivity contribution in [1.29, 1.82) is 0 Å². The number of hydrogen-bond acceptors (Lipinski definition) is 5. The molecule has 1 aromatic rings. The Labute approximate surface area is 129 Å². The van der Waals surface area contributed by atoms with E-state index in [-0.39, 0.29) is 24.2 Å². The highest BCUT2D eigenvalue weighted by Crippen LogP contribution is 2.31. The third kappa shape index (κ3) is 3.81. The minimum absolute atomic E-state index is 0.0734. The molecule has 0 radical (unpaired) electrons. The van der Waals surface area contributed by atoms with Crippen molar-refractivity contribution in [2.75, 3.05) is 23.3 Å². The van der Waals surface area contributed by atoms with Crippen LogP contribution in [0.5, 0.6) is 5.75 Å². The van der Waals surface area contributed by atoms with Gasteiger partial charge in [-0.1, -0.05) is 0 Å². The number of phenols is 1. The zero-order valence-corrected chi connectivity index (χ0v) is 12.9. The largest absolute Gasteiger partial charge is 0.506 e. The smallest absolute Gasteiger partial charge is 0.414 e. The van der Waals surface area contributed by atoms with Crippen molar-refractivity contribution in [3.05, 3.63) is 18.2 Å². The summed E-state index contributed by atoms with van der Waals surface area (Å²) in [5.74, 6) is -0.0967. The second-order valence-corrected chi connectivity index (χ2v) is 5.55. The Kier molecular flexibility index (Phi) is 4.75. The highest BCUT2D eigenvalue weighted by Gasteiger charge is 2.32. The van der Waals surface area contributed by atoms with Crippen LogP contribution < -0.4 is 15.5 Å². The Hall–Kier alpha value is -2.44. The zero-order chi connectivity index (χ0) is 16.3. The molecule has 0 bridgehead atoms. The minimum Gasteiger partial charge on any atom is -0.506 e. The first kappa shape index (κ1) is 15.9. The molecule has 1 aromatic carbocycles. The molecular weight excluding hydrogens is 286 g/mol.